The number of nitrogens with zero attached hydrogens (tertiary/aromatic N) is 3. The summed E-state index contributed by atoms with van der Waals surface area (Å²) in [5.41, 5.74) is 1.40. The highest BCUT2D eigenvalue weighted by Crippen LogP contribution is 2.42. The Labute approximate surface area is 113 Å². The Morgan fingerprint density at radius 3 is 3.18 bits per heavy atom. The van der Waals surface area contributed by atoms with E-state index < -0.39 is 4.69 Å². The maximum absolute atomic E-state index is 8.27. The molecule has 1 saturated heterocycles. The van der Waals surface area contributed by atoms with Crippen molar-refractivity contribution in [3.05, 3.63) is 17.6 Å². The van der Waals surface area contributed by atoms with Crippen LogP contribution in [-0.4, -0.2) is 42.0 Å². The fourth-order valence-corrected chi connectivity index (χ4v) is 3.32. The van der Waals surface area contributed by atoms with Crippen LogP contribution < -0.4 is 4.90 Å². The highest BCUT2D eigenvalue weighted by Gasteiger charge is 2.27. The zero-order chi connectivity index (χ0) is 13.5. The van der Waals surface area contributed by atoms with Crippen LogP contribution in [-0.2, 0) is 11.2 Å². The average Bonchev–Trinajstić information content (AvgIpc) is 2.38. The van der Waals surface area contributed by atoms with E-state index in [0.29, 0.717) is 37.7 Å². The topological polar surface area (TPSA) is 38.2 Å². The first-order valence-corrected chi connectivity index (χ1v) is 6.98. The average molecular weight is 274 g/mol. The highest BCUT2D eigenvalue weighted by atomic mass is 35.5. The Bertz CT molecular complexity index is 497. The minimum atomic E-state index is -1.26. The van der Waals surface area contributed by atoms with Gasteiger partial charge in [0.25, 0.3) is 0 Å². The molecule has 1 fully saturated rings. The zero-order valence-electron chi connectivity index (χ0n) is 11.3. The Hall–Kier alpha value is -0.520. The van der Waals surface area contributed by atoms with E-state index in [1.165, 1.54) is 11.8 Å². The minimum Gasteiger partial charge on any atom is -0.378 e. The second-order valence-corrected chi connectivity index (χ2v) is 5.65. The molecular weight excluding hydrogens is 258 g/mol. The van der Waals surface area contributed by atoms with Gasteiger partial charge >= 0.3 is 0 Å². The molecule has 0 saturated carbocycles. The SMILES string of the molecule is [2H]c1nc2c(c(N3CCOCC3)n1)C([2H])(Cl)SCC2. The summed E-state index contributed by atoms with van der Waals surface area (Å²) in [6.07, 6.45) is 0.735. The number of hydrogen-bond acceptors (Lipinski definition) is 5. The number of aryl methyl sites for hydroxylation is 1. The van der Waals surface area contributed by atoms with Crippen LogP contribution in [0.4, 0.5) is 5.82 Å². The Morgan fingerprint density at radius 1 is 1.53 bits per heavy atom. The maximum atomic E-state index is 8.27. The van der Waals surface area contributed by atoms with E-state index in [1.54, 1.807) is 0 Å². The quantitative estimate of drug-likeness (QED) is 0.730. The first kappa shape index (κ1) is 9.42. The number of rotatable bonds is 1. The lowest BCUT2D eigenvalue weighted by Gasteiger charge is -2.32. The number of alkyl halides is 1. The number of halogens is 1. The molecule has 0 aromatic carbocycles. The molecule has 92 valence electrons. The molecule has 0 amide bonds. The molecule has 2 aliphatic rings. The Kier molecular flexibility index (Phi) is 2.77. The van der Waals surface area contributed by atoms with Gasteiger partial charge in [-0.05, 0) is 6.42 Å². The molecule has 3 rings (SSSR count). The lowest BCUT2D eigenvalue weighted by atomic mass is 10.1. The van der Waals surface area contributed by atoms with Crippen molar-refractivity contribution < 1.29 is 7.48 Å². The van der Waals surface area contributed by atoms with Crippen LogP contribution in [0.1, 0.15) is 18.7 Å². The smallest absolute Gasteiger partial charge is 0.137 e. The van der Waals surface area contributed by atoms with Crippen molar-refractivity contribution in [3.63, 3.8) is 0 Å². The van der Waals surface area contributed by atoms with E-state index in [2.05, 4.69) is 9.97 Å². The van der Waals surface area contributed by atoms with Crippen molar-refractivity contribution in [1.29, 1.82) is 0 Å². The normalized spacial score (nSPS) is 30.5. The van der Waals surface area contributed by atoms with Crippen molar-refractivity contribution in [1.82, 2.24) is 9.97 Å². The Morgan fingerprint density at radius 2 is 2.35 bits per heavy atom. The monoisotopic (exact) mass is 273 g/mol. The number of morpholine rings is 1. The molecule has 3 heterocycles. The van der Waals surface area contributed by atoms with Gasteiger partial charge in [0.15, 0.2) is 0 Å². The van der Waals surface area contributed by atoms with Gasteiger partial charge in [0.1, 0.15) is 18.2 Å². The molecule has 6 heteroatoms. The number of hydrogen-bond donors (Lipinski definition) is 0. The van der Waals surface area contributed by atoms with Gasteiger partial charge in [-0.15, -0.1) is 23.4 Å². The molecule has 17 heavy (non-hydrogen) atoms. The van der Waals surface area contributed by atoms with Crippen LogP contribution in [0.15, 0.2) is 6.30 Å². The third-order valence-electron chi connectivity index (χ3n) is 2.93. The summed E-state index contributed by atoms with van der Waals surface area (Å²) in [5, 5.41) is 0. The molecule has 1 atom stereocenters. The van der Waals surface area contributed by atoms with Gasteiger partial charge in [-0.1, -0.05) is 0 Å². The van der Waals surface area contributed by atoms with Crippen LogP contribution in [0.2, 0.25) is 0 Å². The summed E-state index contributed by atoms with van der Waals surface area (Å²) in [5.74, 6) is 1.38. The van der Waals surface area contributed by atoms with Gasteiger partial charge in [-0.3, -0.25) is 0 Å². The van der Waals surface area contributed by atoms with Crippen molar-refractivity contribution in [2.75, 3.05) is 37.0 Å². The molecule has 1 unspecified atom stereocenters. The highest BCUT2D eigenvalue weighted by molar-refractivity contribution is 8.00. The predicted molar refractivity (Wildman–Crippen MR) is 69.8 cm³/mol. The van der Waals surface area contributed by atoms with Crippen molar-refractivity contribution in [2.24, 2.45) is 0 Å². The molecule has 4 nitrogen and oxygen atoms in total. The van der Waals surface area contributed by atoms with E-state index in [0.717, 1.165) is 17.9 Å². The zero-order valence-corrected chi connectivity index (χ0v) is 10.9. The molecular formula is C11H14ClN3OS. The standard InChI is InChI=1S/C11H14ClN3OS/c12-10-9-8(1-6-17-10)13-7-14-11(9)15-2-4-16-5-3-15/h7,10H,1-6H2/i7D,10D. The van der Waals surface area contributed by atoms with Crippen LogP contribution in [0.25, 0.3) is 0 Å². The predicted octanol–water partition coefficient (Wildman–Crippen LogP) is 1.84. The van der Waals surface area contributed by atoms with Gasteiger partial charge < -0.3 is 9.64 Å². The second-order valence-electron chi connectivity index (χ2n) is 3.94. The number of fused-ring (bicyclic) bond motifs is 1. The first-order chi connectivity index (χ1) is 9.08. The van der Waals surface area contributed by atoms with E-state index in [-0.39, 0.29) is 6.30 Å². The summed E-state index contributed by atoms with van der Waals surface area (Å²) in [6, 6.07) is 0. The van der Waals surface area contributed by atoms with Gasteiger partial charge in [0.2, 0.25) is 0 Å². The van der Waals surface area contributed by atoms with Crippen molar-refractivity contribution >= 4 is 29.2 Å². The molecule has 1 aromatic rings. The summed E-state index contributed by atoms with van der Waals surface area (Å²) in [6.45, 7) is 2.68. The number of ether oxygens (including phenoxy) is 1. The fourth-order valence-electron chi connectivity index (χ4n) is 2.07. The van der Waals surface area contributed by atoms with Gasteiger partial charge in [0, 0.05) is 24.4 Å². The summed E-state index contributed by atoms with van der Waals surface area (Å²) < 4.78 is 20.1. The number of thioether (sulfide) groups is 1. The molecule has 0 bridgehead atoms. The molecule has 0 spiro atoms. The molecule has 0 radical (unpaired) electrons. The van der Waals surface area contributed by atoms with E-state index in [4.69, 9.17) is 19.1 Å². The fraction of sp³-hybridized carbons (Fsp3) is 0.636. The minimum absolute atomic E-state index is 0.000362. The molecule has 1 aromatic heterocycles. The van der Waals surface area contributed by atoms with E-state index >= 15 is 0 Å². The lowest BCUT2D eigenvalue weighted by molar-refractivity contribution is 0.122. The first-order valence-electron chi connectivity index (χ1n) is 6.61. The molecule has 2 aliphatic heterocycles. The largest absolute Gasteiger partial charge is 0.378 e. The third-order valence-corrected chi connectivity index (χ3v) is 4.31. The summed E-state index contributed by atoms with van der Waals surface area (Å²) in [7, 11) is 0. The van der Waals surface area contributed by atoms with Crippen molar-refractivity contribution in [2.45, 2.75) is 11.1 Å². The third kappa shape index (κ3) is 2.23. The molecule has 0 aliphatic carbocycles. The van der Waals surface area contributed by atoms with E-state index in [1.807, 2.05) is 4.90 Å². The van der Waals surface area contributed by atoms with Gasteiger partial charge in [0.05, 0.1) is 20.3 Å². The van der Waals surface area contributed by atoms with Crippen LogP contribution in [0.3, 0.4) is 0 Å². The number of aromatic nitrogens is 2. The number of anilines is 1. The van der Waals surface area contributed by atoms with Gasteiger partial charge in [-0.25, -0.2) is 9.97 Å². The van der Waals surface area contributed by atoms with Crippen molar-refractivity contribution in [3.8, 4) is 0 Å². The van der Waals surface area contributed by atoms with E-state index in [9.17, 15) is 0 Å². The van der Waals surface area contributed by atoms with Crippen LogP contribution >= 0.6 is 23.4 Å². The summed E-state index contributed by atoms with van der Waals surface area (Å²) in [4.78, 5) is 10.4. The lowest BCUT2D eigenvalue weighted by Crippen LogP contribution is -2.38. The van der Waals surface area contributed by atoms with Crippen LogP contribution in [0, 0.1) is 0 Å². The van der Waals surface area contributed by atoms with Gasteiger partial charge in [-0.2, -0.15) is 0 Å². The Balaban J connectivity index is 2.09. The maximum Gasteiger partial charge on any atom is 0.137 e. The summed E-state index contributed by atoms with van der Waals surface area (Å²) >= 11 is 7.69. The van der Waals surface area contributed by atoms with Crippen LogP contribution in [0.5, 0.6) is 0 Å². The molecule has 0 N–H and O–H groups in total. The second kappa shape index (κ2) is 5.00.